The zero-order valence-corrected chi connectivity index (χ0v) is 16.0. The van der Waals surface area contributed by atoms with Crippen molar-refractivity contribution in [2.75, 3.05) is 0 Å². The van der Waals surface area contributed by atoms with Crippen LogP contribution in [0.2, 0.25) is 5.02 Å². The van der Waals surface area contributed by atoms with Crippen molar-refractivity contribution in [2.24, 2.45) is 11.7 Å². The van der Waals surface area contributed by atoms with Gasteiger partial charge in [0.2, 0.25) is 5.91 Å². The predicted molar refractivity (Wildman–Crippen MR) is 103 cm³/mol. The van der Waals surface area contributed by atoms with E-state index in [9.17, 15) is 9.59 Å². The molecule has 3 N–H and O–H groups in total. The summed E-state index contributed by atoms with van der Waals surface area (Å²) in [5, 5.41) is 11.2. The first kappa shape index (κ1) is 20.0. The Morgan fingerprint density at radius 3 is 2.54 bits per heavy atom. The van der Waals surface area contributed by atoms with Crippen LogP contribution in [-0.2, 0) is 11.3 Å². The van der Waals surface area contributed by atoms with E-state index < -0.39 is 17.2 Å². The van der Waals surface area contributed by atoms with Gasteiger partial charge in [0.1, 0.15) is 0 Å². The molecule has 0 aliphatic rings. The summed E-state index contributed by atoms with van der Waals surface area (Å²) in [6.07, 6.45) is 1.72. The lowest BCUT2D eigenvalue weighted by Crippen LogP contribution is -2.42. The maximum absolute atomic E-state index is 12.3. The molecule has 0 fully saturated rings. The number of imide groups is 1. The van der Waals surface area contributed by atoms with Crippen LogP contribution in [0.15, 0.2) is 42.1 Å². The highest BCUT2D eigenvalue weighted by molar-refractivity contribution is 8.00. The average molecular weight is 394 g/mol. The van der Waals surface area contributed by atoms with Crippen molar-refractivity contribution < 1.29 is 9.59 Å². The summed E-state index contributed by atoms with van der Waals surface area (Å²) in [7, 11) is 0. The Morgan fingerprint density at radius 1 is 1.35 bits per heavy atom. The molecular weight excluding hydrogens is 374 g/mol. The van der Waals surface area contributed by atoms with Crippen LogP contribution in [0.5, 0.6) is 0 Å². The molecule has 138 valence electrons. The molecule has 7 nitrogen and oxygen atoms in total. The third kappa shape index (κ3) is 4.86. The number of carbonyl (C=O) groups excluding carboxylic acids is 2. The number of thioether (sulfide) groups is 1. The van der Waals surface area contributed by atoms with E-state index in [1.54, 1.807) is 18.2 Å². The fraction of sp³-hybridized carbons (Fsp3) is 0.294. The van der Waals surface area contributed by atoms with E-state index in [2.05, 4.69) is 22.1 Å². The number of halogens is 1. The number of hydrogen-bond acceptors (Lipinski definition) is 5. The van der Waals surface area contributed by atoms with Gasteiger partial charge in [0.25, 0.3) is 0 Å². The second-order valence-corrected chi connectivity index (χ2v) is 7.39. The van der Waals surface area contributed by atoms with Crippen LogP contribution >= 0.6 is 23.4 Å². The van der Waals surface area contributed by atoms with E-state index in [1.807, 2.05) is 30.5 Å². The number of urea groups is 1. The van der Waals surface area contributed by atoms with Gasteiger partial charge in [0.05, 0.1) is 5.25 Å². The number of allylic oxidation sites excluding steroid dienone is 1. The Labute approximate surface area is 161 Å². The van der Waals surface area contributed by atoms with E-state index in [4.69, 9.17) is 17.3 Å². The van der Waals surface area contributed by atoms with Gasteiger partial charge in [-0.2, -0.15) is 0 Å². The molecule has 1 aromatic heterocycles. The number of nitrogens with one attached hydrogen (secondary N) is 1. The van der Waals surface area contributed by atoms with Crippen molar-refractivity contribution in [1.29, 1.82) is 0 Å². The van der Waals surface area contributed by atoms with E-state index >= 15 is 0 Å². The van der Waals surface area contributed by atoms with Crippen molar-refractivity contribution >= 4 is 35.3 Å². The van der Waals surface area contributed by atoms with Gasteiger partial charge in [-0.1, -0.05) is 43.3 Å². The summed E-state index contributed by atoms with van der Waals surface area (Å²) < 4.78 is 1.85. The molecule has 3 amide bonds. The SMILES string of the molecule is C=CCn1c(SC(C(=O)NC(N)=O)C(C)C)nnc1-c1ccc(Cl)cc1. The van der Waals surface area contributed by atoms with Gasteiger partial charge in [0.15, 0.2) is 11.0 Å². The lowest BCUT2D eigenvalue weighted by Gasteiger charge is -2.18. The van der Waals surface area contributed by atoms with Crippen molar-refractivity contribution in [2.45, 2.75) is 30.8 Å². The fourth-order valence-electron chi connectivity index (χ4n) is 2.28. The molecule has 1 heterocycles. The number of nitrogens with zero attached hydrogens (tertiary/aromatic N) is 3. The van der Waals surface area contributed by atoms with E-state index in [0.717, 1.165) is 5.56 Å². The Hall–Kier alpha value is -2.32. The monoisotopic (exact) mass is 393 g/mol. The largest absolute Gasteiger partial charge is 0.351 e. The van der Waals surface area contributed by atoms with Crippen LogP contribution < -0.4 is 11.1 Å². The van der Waals surface area contributed by atoms with Crippen LogP contribution in [0.1, 0.15) is 13.8 Å². The molecule has 1 unspecified atom stereocenters. The normalized spacial score (nSPS) is 12.0. The summed E-state index contributed by atoms with van der Waals surface area (Å²) in [5.74, 6) is 0.132. The summed E-state index contributed by atoms with van der Waals surface area (Å²) in [5.41, 5.74) is 5.90. The lowest BCUT2D eigenvalue weighted by atomic mass is 10.1. The second-order valence-electron chi connectivity index (χ2n) is 5.85. The first-order chi connectivity index (χ1) is 12.3. The highest BCUT2D eigenvalue weighted by Gasteiger charge is 2.27. The van der Waals surface area contributed by atoms with Crippen LogP contribution in [0.3, 0.4) is 0 Å². The number of benzene rings is 1. The number of hydrogen-bond donors (Lipinski definition) is 2. The summed E-state index contributed by atoms with van der Waals surface area (Å²) in [6, 6.07) is 6.36. The van der Waals surface area contributed by atoms with E-state index in [0.29, 0.717) is 22.5 Å². The molecule has 2 aromatic rings. The third-order valence-corrected chi connectivity index (χ3v) is 5.25. The number of carbonyl (C=O) groups is 2. The van der Waals surface area contributed by atoms with Gasteiger partial charge in [-0.05, 0) is 30.2 Å². The Bertz CT molecular complexity index is 804. The summed E-state index contributed by atoms with van der Waals surface area (Å²) in [4.78, 5) is 23.3. The first-order valence-electron chi connectivity index (χ1n) is 7.90. The molecule has 1 aromatic carbocycles. The molecule has 0 spiro atoms. The molecule has 9 heteroatoms. The zero-order valence-electron chi connectivity index (χ0n) is 14.5. The highest BCUT2D eigenvalue weighted by atomic mass is 35.5. The number of rotatable bonds is 7. The minimum absolute atomic E-state index is 0.0489. The van der Waals surface area contributed by atoms with Gasteiger partial charge in [0, 0.05) is 17.1 Å². The van der Waals surface area contributed by atoms with Crippen molar-refractivity contribution in [3.05, 3.63) is 41.9 Å². The number of primary amides is 1. The van der Waals surface area contributed by atoms with Crippen molar-refractivity contribution in [1.82, 2.24) is 20.1 Å². The van der Waals surface area contributed by atoms with Crippen LogP contribution in [-0.4, -0.2) is 32.0 Å². The zero-order chi connectivity index (χ0) is 19.3. The molecule has 0 aliphatic carbocycles. The average Bonchev–Trinajstić information content (AvgIpc) is 2.95. The molecule has 0 radical (unpaired) electrons. The summed E-state index contributed by atoms with van der Waals surface area (Å²) in [6.45, 7) is 8.00. The molecule has 0 saturated carbocycles. The van der Waals surface area contributed by atoms with Crippen molar-refractivity contribution in [3.63, 3.8) is 0 Å². The quantitative estimate of drug-likeness (QED) is 0.555. The predicted octanol–water partition coefficient (Wildman–Crippen LogP) is 3.10. The second kappa shape index (κ2) is 8.86. The number of aromatic nitrogens is 3. The molecule has 0 bridgehead atoms. The minimum Gasteiger partial charge on any atom is -0.351 e. The minimum atomic E-state index is -0.879. The summed E-state index contributed by atoms with van der Waals surface area (Å²) >= 11 is 7.17. The lowest BCUT2D eigenvalue weighted by molar-refractivity contribution is -0.120. The van der Waals surface area contributed by atoms with Gasteiger partial charge >= 0.3 is 6.03 Å². The molecule has 0 aliphatic heterocycles. The van der Waals surface area contributed by atoms with E-state index in [-0.39, 0.29) is 5.92 Å². The first-order valence-corrected chi connectivity index (χ1v) is 9.16. The van der Waals surface area contributed by atoms with Crippen LogP contribution in [0.25, 0.3) is 11.4 Å². The van der Waals surface area contributed by atoms with Crippen LogP contribution in [0, 0.1) is 5.92 Å². The Morgan fingerprint density at radius 2 is 2.00 bits per heavy atom. The molecule has 2 rings (SSSR count). The fourth-order valence-corrected chi connectivity index (χ4v) is 3.45. The third-order valence-electron chi connectivity index (χ3n) is 3.47. The maximum atomic E-state index is 12.3. The van der Waals surface area contributed by atoms with E-state index in [1.165, 1.54) is 11.8 Å². The van der Waals surface area contributed by atoms with Gasteiger partial charge in [-0.15, -0.1) is 16.8 Å². The van der Waals surface area contributed by atoms with Crippen molar-refractivity contribution in [3.8, 4) is 11.4 Å². The maximum Gasteiger partial charge on any atom is 0.318 e. The van der Waals surface area contributed by atoms with Crippen LogP contribution in [0.4, 0.5) is 4.79 Å². The molecular formula is C17H20ClN5O2S. The number of amides is 3. The molecule has 0 saturated heterocycles. The standard InChI is InChI=1S/C17H20ClN5O2S/c1-4-9-23-14(11-5-7-12(18)8-6-11)21-22-17(23)26-13(10(2)3)15(24)20-16(19)25/h4-8,10,13H,1,9H2,2-3H3,(H3,19,20,24,25). The highest BCUT2D eigenvalue weighted by Crippen LogP contribution is 2.30. The smallest absolute Gasteiger partial charge is 0.318 e. The van der Waals surface area contributed by atoms with Gasteiger partial charge in [-0.3, -0.25) is 14.7 Å². The Balaban J connectivity index is 2.36. The van der Waals surface area contributed by atoms with Gasteiger partial charge in [-0.25, -0.2) is 4.79 Å². The Kier molecular flexibility index (Phi) is 6.82. The number of nitrogens with two attached hydrogens (primary N) is 1. The topological polar surface area (TPSA) is 103 Å². The molecule has 1 atom stereocenters. The molecule has 26 heavy (non-hydrogen) atoms. The van der Waals surface area contributed by atoms with Gasteiger partial charge < -0.3 is 5.73 Å².